The fraction of sp³-hybridized carbons (Fsp3) is 0.0588. The molecule has 3 rings (SSSR count). The van der Waals surface area contributed by atoms with Gasteiger partial charge >= 0.3 is 0 Å². The van der Waals surface area contributed by atoms with E-state index in [0.29, 0.717) is 11.5 Å². The summed E-state index contributed by atoms with van der Waals surface area (Å²) in [5.74, 6) is 1.18. The molecule has 3 heteroatoms. The van der Waals surface area contributed by atoms with E-state index in [-0.39, 0.29) is 11.6 Å². The third-order valence-corrected chi connectivity index (χ3v) is 3.21. The van der Waals surface area contributed by atoms with Crippen molar-refractivity contribution in [1.29, 1.82) is 0 Å². The highest BCUT2D eigenvalue weighted by atomic mass is 19.1. The number of ether oxygens (including phenoxy) is 1. The van der Waals surface area contributed by atoms with Crippen LogP contribution in [0.1, 0.15) is 18.1 Å². The van der Waals surface area contributed by atoms with Gasteiger partial charge in [0, 0.05) is 11.6 Å². The Labute approximate surface area is 116 Å². The lowest BCUT2D eigenvalue weighted by molar-refractivity contribution is 0.427. The molecular weight excluding hydrogens is 255 g/mol. The summed E-state index contributed by atoms with van der Waals surface area (Å²) in [4.78, 5) is 0. The van der Waals surface area contributed by atoms with Gasteiger partial charge in [-0.25, -0.2) is 4.39 Å². The number of hydrogen-bond acceptors (Lipinski definition) is 2. The number of halogens is 1. The van der Waals surface area contributed by atoms with E-state index in [9.17, 15) is 9.50 Å². The number of allylic oxidation sites excluding steroid dienone is 2. The molecule has 2 nitrogen and oxygen atoms in total. The van der Waals surface area contributed by atoms with E-state index < -0.39 is 0 Å². The predicted molar refractivity (Wildman–Crippen MR) is 76.0 cm³/mol. The number of phenols is 1. The molecule has 2 aromatic rings. The van der Waals surface area contributed by atoms with Gasteiger partial charge in [0.25, 0.3) is 0 Å². The molecule has 0 aromatic heterocycles. The first-order valence-corrected chi connectivity index (χ1v) is 6.32. The molecule has 1 N–H and O–H groups in total. The van der Waals surface area contributed by atoms with Crippen LogP contribution in [0.15, 0.2) is 60.4 Å². The van der Waals surface area contributed by atoms with Crippen LogP contribution in [0.25, 0.3) is 5.57 Å². The summed E-state index contributed by atoms with van der Waals surface area (Å²) in [6.45, 7) is 1.88. The molecule has 2 aromatic carbocycles. The van der Waals surface area contributed by atoms with Crippen molar-refractivity contribution in [3.8, 4) is 11.5 Å². The second-order valence-corrected chi connectivity index (χ2v) is 4.54. The maximum absolute atomic E-state index is 13.1. The van der Waals surface area contributed by atoms with E-state index in [2.05, 4.69) is 0 Å². The van der Waals surface area contributed by atoms with Crippen molar-refractivity contribution in [3.63, 3.8) is 0 Å². The van der Waals surface area contributed by atoms with Crippen LogP contribution in [-0.2, 0) is 0 Å². The van der Waals surface area contributed by atoms with Crippen molar-refractivity contribution in [2.75, 3.05) is 0 Å². The van der Waals surface area contributed by atoms with Gasteiger partial charge in [0.2, 0.25) is 0 Å². The summed E-state index contributed by atoms with van der Waals surface area (Å²) in [6, 6.07) is 11.3. The van der Waals surface area contributed by atoms with Crippen LogP contribution in [0.3, 0.4) is 0 Å². The molecule has 0 spiro atoms. The van der Waals surface area contributed by atoms with Crippen LogP contribution < -0.4 is 4.74 Å². The third kappa shape index (κ3) is 2.18. The number of hydrogen-bond donors (Lipinski definition) is 1. The Balaban J connectivity index is 2.17. The molecule has 0 aliphatic carbocycles. The van der Waals surface area contributed by atoms with Gasteiger partial charge in [-0.2, -0.15) is 0 Å². The fourth-order valence-corrected chi connectivity index (χ4v) is 2.20. The standard InChI is InChI=1S/C17H13FO2/c1-2-14-10-16(11-3-5-12(18)6-4-11)15-8-7-13(19)9-17(15)20-14/h2-10,19H,1H3/b14-2-. The van der Waals surface area contributed by atoms with Gasteiger partial charge < -0.3 is 9.84 Å². The number of phenolic OH excluding ortho intramolecular Hbond substituents is 1. The fourth-order valence-electron chi connectivity index (χ4n) is 2.20. The summed E-state index contributed by atoms with van der Waals surface area (Å²) in [7, 11) is 0. The Morgan fingerprint density at radius 2 is 1.85 bits per heavy atom. The number of benzene rings is 2. The number of aromatic hydroxyl groups is 1. The van der Waals surface area contributed by atoms with Gasteiger partial charge in [-0.1, -0.05) is 12.1 Å². The molecule has 1 aliphatic rings. The van der Waals surface area contributed by atoms with Crippen molar-refractivity contribution in [2.24, 2.45) is 0 Å². The average molecular weight is 268 g/mol. The molecule has 1 aliphatic heterocycles. The Kier molecular flexibility index (Phi) is 3.03. The van der Waals surface area contributed by atoms with Crippen molar-refractivity contribution < 1.29 is 14.2 Å². The minimum Gasteiger partial charge on any atom is -0.508 e. The first-order chi connectivity index (χ1) is 9.67. The lowest BCUT2D eigenvalue weighted by Crippen LogP contribution is -2.04. The Bertz CT molecular complexity index is 712. The molecular formula is C17H13FO2. The molecule has 0 bridgehead atoms. The summed E-state index contributed by atoms with van der Waals surface area (Å²) in [6.07, 6.45) is 3.75. The van der Waals surface area contributed by atoms with Crippen LogP contribution in [0.2, 0.25) is 0 Å². The zero-order valence-electron chi connectivity index (χ0n) is 10.9. The van der Waals surface area contributed by atoms with Crippen molar-refractivity contribution in [3.05, 3.63) is 77.3 Å². The molecule has 0 radical (unpaired) electrons. The minimum atomic E-state index is -0.265. The van der Waals surface area contributed by atoms with Crippen molar-refractivity contribution in [2.45, 2.75) is 6.92 Å². The maximum Gasteiger partial charge on any atom is 0.138 e. The van der Waals surface area contributed by atoms with Crippen LogP contribution in [-0.4, -0.2) is 5.11 Å². The molecule has 20 heavy (non-hydrogen) atoms. The van der Waals surface area contributed by atoms with E-state index in [1.165, 1.54) is 12.1 Å². The largest absolute Gasteiger partial charge is 0.508 e. The Hall–Kier alpha value is -2.55. The maximum atomic E-state index is 13.1. The number of rotatable bonds is 1. The Morgan fingerprint density at radius 3 is 2.55 bits per heavy atom. The summed E-state index contributed by atoms with van der Waals surface area (Å²) < 4.78 is 18.7. The summed E-state index contributed by atoms with van der Waals surface area (Å²) in [5.41, 5.74) is 2.72. The van der Waals surface area contributed by atoms with Crippen LogP contribution in [0.4, 0.5) is 4.39 Å². The molecule has 0 unspecified atom stereocenters. The summed E-state index contributed by atoms with van der Waals surface area (Å²) >= 11 is 0. The average Bonchev–Trinajstić information content (AvgIpc) is 2.46. The van der Waals surface area contributed by atoms with E-state index in [1.54, 1.807) is 30.3 Å². The lowest BCUT2D eigenvalue weighted by atomic mass is 9.94. The zero-order chi connectivity index (χ0) is 14.1. The normalized spacial score (nSPS) is 15.5. The highest BCUT2D eigenvalue weighted by molar-refractivity contribution is 5.86. The quantitative estimate of drug-likeness (QED) is 0.837. The second-order valence-electron chi connectivity index (χ2n) is 4.54. The van der Waals surface area contributed by atoms with Gasteiger partial charge in [0.15, 0.2) is 0 Å². The van der Waals surface area contributed by atoms with Crippen molar-refractivity contribution in [1.82, 2.24) is 0 Å². The second kappa shape index (κ2) is 4.85. The van der Waals surface area contributed by atoms with E-state index in [0.717, 1.165) is 16.7 Å². The SMILES string of the molecule is C/C=C1/C=C(c2ccc(F)cc2)c2ccc(O)cc2O1. The van der Waals surface area contributed by atoms with E-state index >= 15 is 0 Å². The molecule has 0 atom stereocenters. The van der Waals surface area contributed by atoms with Crippen molar-refractivity contribution >= 4 is 5.57 Å². The van der Waals surface area contributed by atoms with Gasteiger partial charge in [0.1, 0.15) is 23.1 Å². The highest BCUT2D eigenvalue weighted by Gasteiger charge is 2.18. The third-order valence-electron chi connectivity index (χ3n) is 3.21. The molecule has 0 saturated carbocycles. The monoisotopic (exact) mass is 268 g/mol. The molecule has 100 valence electrons. The van der Waals surface area contributed by atoms with E-state index in [4.69, 9.17) is 4.74 Å². The molecule has 0 fully saturated rings. The zero-order valence-corrected chi connectivity index (χ0v) is 10.9. The van der Waals surface area contributed by atoms with E-state index in [1.807, 2.05) is 19.1 Å². The summed E-state index contributed by atoms with van der Waals surface area (Å²) in [5, 5.41) is 9.57. The van der Waals surface area contributed by atoms with Crippen LogP contribution >= 0.6 is 0 Å². The smallest absolute Gasteiger partial charge is 0.138 e. The molecule has 1 heterocycles. The lowest BCUT2D eigenvalue weighted by Gasteiger charge is -2.20. The predicted octanol–water partition coefficient (Wildman–Crippen LogP) is 4.26. The molecule has 0 amide bonds. The van der Waals surface area contributed by atoms with Crippen LogP contribution in [0, 0.1) is 5.82 Å². The van der Waals surface area contributed by atoms with Gasteiger partial charge in [-0.3, -0.25) is 0 Å². The Morgan fingerprint density at radius 1 is 1.10 bits per heavy atom. The number of fused-ring (bicyclic) bond motifs is 1. The van der Waals surface area contributed by atoms with Gasteiger partial charge in [0.05, 0.1) is 0 Å². The first-order valence-electron chi connectivity index (χ1n) is 6.32. The first kappa shape index (κ1) is 12.5. The molecule has 0 saturated heterocycles. The van der Waals surface area contributed by atoms with Crippen LogP contribution in [0.5, 0.6) is 11.5 Å². The highest BCUT2D eigenvalue weighted by Crippen LogP contribution is 2.38. The van der Waals surface area contributed by atoms with Gasteiger partial charge in [-0.15, -0.1) is 0 Å². The topological polar surface area (TPSA) is 29.5 Å². The minimum absolute atomic E-state index is 0.152. The van der Waals surface area contributed by atoms with Gasteiger partial charge in [-0.05, 0) is 54.5 Å².